The molecule has 0 radical (unpaired) electrons. The van der Waals surface area contributed by atoms with Crippen LogP contribution in [-0.2, 0) is 10.0 Å². The molecule has 0 aliphatic carbocycles. The smallest absolute Gasteiger partial charge is 0.306 e. The van der Waals surface area contributed by atoms with Crippen LogP contribution < -0.4 is 4.72 Å². The minimum absolute atomic E-state index is 0.128. The van der Waals surface area contributed by atoms with Crippen molar-refractivity contribution in [3.8, 4) is 0 Å². The first-order valence-electron chi connectivity index (χ1n) is 5.50. The summed E-state index contributed by atoms with van der Waals surface area (Å²) in [4.78, 5) is 8.31. The average Bonchev–Trinajstić information content (AvgIpc) is 2.35. The topological polar surface area (TPSA) is 110 Å². The summed E-state index contributed by atoms with van der Waals surface area (Å²) in [7, 11) is -4.42. The number of rotatable bonds is 6. The minimum Gasteiger partial charge on any atom is -0.392 e. The fraction of sp³-hybridized carbons (Fsp3) is 0.400. The number of sulfonamides is 1. The molecule has 0 saturated carbocycles. The van der Waals surface area contributed by atoms with Gasteiger partial charge >= 0.3 is 5.69 Å². The Hall–Kier alpha value is -1.65. The van der Waals surface area contributed by atoms with Gasteiger partial charge in [-0.2, -0.15) is 4.39 Å². The average molecular weight is 310 g/mol. The molecule has 0 aliphatic rings. The van der Waals surface area contributed by atoms with Crippen LogP contribution in [0.2, 0.25) is 0 Å². The quantitative estimate of drug-likeness (QED) is 0.600. The van der Waals surface area contributed by atoms with E-state index in [0.29, 0.717) is 6.07 Å². The first-order chi connectivity index (χ1) is 9.19. The Morgan fingerprint density at radius 1 is 1.40 bits per heavy atom. The Morgan fingerprint density at radius 2 is 2.00 bits per heavy atom. The Balaban J connectivity index is 3.18. The van der Waals surface area contributed by atoms with Crippen molar-refractivity contribution in [2.45, 2.75) is 24.3 Å². The molecule has 1 atom stereocenters. The molecule has 0 fully saturated rings. The van der Waals surface area contributed by atoms with Crippen molar-refractivity contribution in [3.63, 3.8) is 0 Å². The third-order valence-corrected chi connectivity index (χ3v) is 3.91. The summed E-state index contributed by atoms with van der Waals surface area (Å²) in [6.07, 6.45) is -0.725. The number of nitro groups is 1. The summed E-state index contributed by atoms with van der Waals surface area (Å²) in [6, 6.07) is 0.425. The number of aliphatic hydroxyl groups excluding tert-OH is 1. The van der Waals surface area contributed by atoms with E-state index in [4.69, 9.17) is 0 Å². The number of hydrogen-bond acceptors (Lipinski definition) is 5. The van der Waals surface area contributed by atoms with Gasteiger partial charge in [-0.15, -0.1) is 0 Å². The van der Waals surface area contributed by atoms with Crippen LogP contribution in [0.4, 0.5) is 14.5 Å². The maximum absolute atomic E-state index is 13.5. The summed E-state index contributed by atoms with van der Waals surface area (Å²) in [5.41, 5.74) is -1.15. The molecule has 10 heteroatoms. The molecule has 1 rings (SSSR count). The van der Waals surface area contributed by atoms with Gasteiger partial charge in [-0.05, 0) is 6.42 Å². The molecular weight excluding hydrogens is 298 g/mol. The monoisotopic (exact) mass is 310 g/mol. The number of benzene rings is 1. The molecule has 2 N–H and O–H groups in total. The maximum atomic E-state index is 13.5. The van der Waals surface area contributed by atoms with Crippen LogP contribution >= 0.6 is 0 Å². The Labute approximate surface area is 113 Å². The van der Waals surface area contributed by atoms with Crippen molar-refractivity contribution in [1.82, 2.24) is 4.72 Å². The second-order valence-corrected chi connectivity index (χ2v) is 5.64. The summed E-state index contributed by atoms with van der Waals surface area (Å²) in [6.45, 7) is 1.21. The Kier molecular flexibility index (Phi) is 5.09. The highest BCUT2D eigenvalue weighted by Gasteiger charge is 2.26. The van der Waals surface area contributed by atoms with Crippen LogP contribution in [0.15, 0.2) is 17.0 Å². The van der Waals surface area contributed by atoms with Gasteiger partial charge in [0.2, 0.25) is 15.8 Å². The summed E-state index contributed by atoms with van der Waals surface area (Å²) in [5, 5.41) is 19.7. The van der Waals surface area contributed by atoms with Crippen molar-refractivity contribution >= 4 is 15.7 Å². The number of aliphatic hydroxyl groups is 1. The molecule has 20 heavy (non-hydrogen) atoms. The van der Waals surface area contributed by atoms with E-state index in [1.54, 1.807) is 6.92 Å². The predicted molar refractivity (Wildman–Crippen MR) is 64.5 cm³/mol. The van der Waals surface area contributed by atoms with Crippen LogP contribution in [-0.4, -0.2) is 31.1 Å². The molecule has 1 aromatic rings. The number of nitrogens with one attached hydrogen (secondary N) is 1. The summed E-state index contributed by atoms with van der Waals surface area (Å²) >= 11 is 0. The summed E-state index contributed by atoms with van der Waals surface area (Å²) < 4.78 is 51.9. The number of halogens is 2. The van der Waals surface area contributed by atoms with E-state index in [9.17, 15) is 32.4 Å². The largest absolute Gasteiger partial charge is 0.392 e. The number of nitrogens with zero attached hydrogens (tertiary/aromatic N) is 1. The van der Waals surface area contributed by atoms with Crippen LogP contribution in [0.3, 0.4) is 0 Å². The fourth-order valence-electron chi connectivity index (χ4n) is 1.29. The second kappa shape index (κ2) is 6.20. The van der Waals surface area contributed by atoms with Gasteiger partial charge in [0.05, 0.1) is 11.0 Å². The van der Waals surface area contributed by atoms with Crippen molar-refractivity contribution in [3.05, 3.63) is 33.9 Å². The van der Waals surface area contributed by atoms with Gasteiger partial charge in [-0.1, -0.05) is 6.92 Å². The lowest BCUT2D eigenvalue weighted by molar-refractivity contribution is -0.387. The van der Waals surface area contributed by atoms with Crippen LogP contribution in [0.1, 0.15) is 13.3 Å². The van der Waals surface area contributed by atoms with Crippen molar-refractivity contribution < 1.29 is 27.2 Å². The van der Waals surface area contributed by atoms with E-state index < -0.39 is 43.3 Å². The van der Waals surface area contributed by atoms with Gasteiger partial charge in [0.1, 0.15) is 10.7 Å². The molecule has 0 bridgehead atoms. The van der Waals surface area contributed by atoms with E-state index in [2.05, 4.69) is 0 Å². The second-order valence-electron chi connectivity index (χ2n) is 3.91. The third-order valence-electron chi connectivity index (χ3n) is 2.47. The van der Waals surface area contributed by atoms with Crippen LogP contribution in [0.25, 0.3) is 0 Å². The van der Waals surface area contributed by atoms with Gasteiger partial charge in [-0.25, -0.2) is 17.5 Å². The zero-order chi connectivity index (χ0) is 15.5. The summed E-state index contributed by atoms with van der Waals surface area (Å²) in [5.74, 6) is -2.92. The maximum Gasteiger partial charge on any atom is 0.306 e. The van der Waals surface area contributed by atoms with Crippen molar-refractivity contribution in [2.75, 3.05) is 6.54 Å². The zero-order valence-electron chi connectivity index (χ0n) is 10.3. The molecule has 1 aromatic carbocycles. The molecule has 1 unspecified atom stereocenters. The zero-order valence-corrected chi connectivity index (χ0v) is 11.2. The molecule has 0 spiro atoms. The Morgan fingerprint density at radius 3 is 2.50 bits per heavy atom. The first-order valence-corrected chi connectivity index (χ1v) is 6.98. The lowest BCUT2D eigenvalue weighted by atomic mass is 10.3. The lowest BCUT2D eigenvalue weighted by Crippen LogP contribution is -2.32. The molecule has 112 valence electrons. The van der Waals surface area contributed by atoms with Crippen LogP contribution in [0.5, 0.6) is 0 Å². The molecule has 7 nitrogen and oxygen atoms in total. The molecular formula is C10H12F2N2O5S. The highest BCUT2D eigenvalue weighted by molar-refractivity contribution is 7.89. The van der Waals surface area contributed by atoms with Gasteiger partial charge in [0.15, 0.2) is 0 Å². The lowest BCUT2D eigenvalue weighted by Gasteiger charge is -2.10. The molecule has 0 aliphatic heterocycles. The van der Waals surface area contributed by atoms with E-state index >= 15 is 0 Å². The molecule has 0 aromatic heterocycles. The van der Waals surface area contributed by atoms with Gasteiger partial charge in [-0.3, -0.25) is 10.1 Å². The highest BCUT2D eigenvalue weighted by atomic mass is 32.2. The Bertz CT molecular complexity index is 620. The number of nitro benzene ring substituents is 1. The van der Waals surface area contributed by atoms with E-state index in [1.165, 1.54) is 0 Å². The molecule has 0 heterocycles. The SMILES string of the molecule is CCC(O)CNS(=O)(=O)c1cc([N+](=O)[O-])c(F)cc1F. The van der Waals surface area contributed by atoms with E-state index in [0.717, 1.165) is 0 Å². The predicted octanol–water partition coefficient (Wildman–Crippen LogP) is 0.922. The fourth-order valence-corrected chi connectivity index (χ4v) is 2.44. The van der Waals surface area contributed by atoms with Crippen molar-refractivity contribution in [2.24, 2.45) is 0 Å². The highest BCUT2D eigenvalue weighted by Crippen LogP contribution is 2.24. The van der Waals surface area contributed by atoms with E-state index in [1.807, 2.05) is 4.72 Å². The van der Waals surface area contributed by atoms with E-state index in [-0.39, 0.29) is 19.0 Å². The van der Waals surface area contributed by atoms with Crippen molar-refractivity contribution in [1.29, 1.82) is 0 Å². The minimum atomic E-state index is -4.42. The normalized spacial score (nSPS) is 13.2. The third kappa shape index (κ3) is 3.68. The number of hydrogen-bond donors (Lipinski definition) is 2. The molecule has 0 amide bonds. The van der Waals surface area contributed by atoms with Gasteiger partial charge < -0.3 is 5.11 Å². The van der Waals surface area contributed by atoms with Crippen LogP contribution in [0, 0.1) is 21.7 Å². The van der Waals surface area contributed by atoms with Gasteiger partial charge in [0.25, 0.3) is 0 Å². The molecule has 0 saturated heterocycles. The van der Waals surface area contributed by atoms with Gasteiger partial charge in [0, 0.05) is 18.7 Å². The first kappa shape index (κ1) is 16.4. The standard InChI is InChI=1S/C10H12F2N2O5S/c1-2-6(15)5-13-20(18,19)10-4-9(14(16)17)7(11)3-8(10)12/h3-4,6,13,15H,2,5H2,1H3.